The number of likely N-dealkylation sites (N-methyl/N-ethyl adjacent to an activating group) is 1. The molecule has 7 nitrogen and oxygen atoms in total. The van der Waals surface area contributed by atoms with Crippen molar-refractivity contribution < 1.29 is 19.4 Å². The van der Waals surface area contributed by atoms with Crippen molar-refractivity contribution in [3.63, 3.8) is 0 Å². The SMILES string of the molecule is COc1ccc(C)cc1NC(=O)C(C)N1CCCC(N(C)CC(=O)O)CC1. The van der Waals surface area contributed by atoms with Gasteiger partial charge in [-0.1, -0.05) is 6.07 Å². The molecule has 1 aliphatic heterocycles. The van der Waals surface area contributed by atoms with Crippen LogP contribution in [0.4, 0.5) is 5.69 Å². The molecule has 150 valence electrons. The van der Waals surface area contributed by atoms with Gasteiger partial charge in [-0.05, 0) is 64.4 Å². The largest absolute Gasteiger partial charge is 0.495 e. The summed E-state index contributed by atoms with van der Waals surface area (Å²) >= 11 is 0. The number of nitrogens with one attached hydrogen (secondary N) is 1. The predicted octanol–water partition coefficient (Wildman–Crippen LogP) is 2.20. The zero-order chi connectivity index (χ0) is 20.0. The van der Waals surface area contributed by atoms with Crippen LogP contribution in [0.15, 0.2) is 18.2 Å². The van der Waals surface area contributed by atoms with Gasteiger partial charge in [0.1, 0.15) is 5.75 Å². The van der Waals surface area contributed by atoms with E-state index in [9.17, 15) is 9.59 Å². The second-order valence-corrected chi connectivity index (χ2v) is 7.30. The van der Waals surface area contributed by atoms with Crippen LogP contribution in [0.3, 0.4) is 0 Å². The van der Waals surface area contributed by atoms with E-state index in [0.29, 0.717) is 11.4 Å². The Bertz CT molecular complexity index is 665. The molecule has 27 heavy (non-hydrogen) atoms. The van der Waals surface area contributed by atoms with Crippen LogP contribution < -0.4 is 10.1 Å². The molecule has 0 radical (unpaired) electrons. The Morgan fingerprint density at radius 2 is 2.11 bits per heavy atom. The molecule has 0 spiro atoms. The molecule has 2 unspecified atom stereocenters. The van der Waals surface area contributed by atoms with Gasteiger partial charge in [0.2, 0.25) is 5.91 Å². The van der Waals surface area contributed by atoms with Gasteiger partial charge in [-0.3, -0.25) is 19.4 Å². The zero-order valence-corrected chi connectivity index (χ0v) is 16.7. The Kier molecular flexibility index (Phi) is 7.62. The minimum Gasteiger partial charge on any atom is -0.495 e. The number of aliphatic carboxylic acids is 1. The average molecular weight is 377 g/mol. The van der Waals surface area contributed by atoms with Gasteiger partial charge in [0, 0.05) is 12.6 Å². The summed E-state index contributed by atoms with van der Waals surface area (Å²) in [5, 5.41) is 12.0. The quantitative estimate of drug-likeness (QED) is 0.758. The molecule has 1 amide bonds. The van der Waals surface area contributed by atoms with Crippen molar-refractivity contribution in [1.29, 1.82) is 0 Å². The summed E-state index contributed by atoms with van der Waals surface area (Å²) in [4.78, 5) is 27.8. The van der Waals surface area contributed by atoms with Crippen LogP contribution in [0.25, 0.3) is 0 Å². The summed E-state index contributed by atoms with van der Waals surface area (Å²) in [5.41, 5.74) is 1.74. The smallest absolute Gasteiger partial charge is 0.317 e. The first-order valence-corrected chi connectivity index (χ1v) is 9.43. The summed E-state index contributed by atoms with van der Waals surface area (Å²) in [7, 11) is 3.45. The lowest BCUT2D eigenvalue weighted by molar-refractivity contribution is -0.138. The van der Waals surface area contributed by atoms with Gasteiger partial charge in [-0.15, -0.1) is 0 Å². The monoisotopic (exact) mass is 377 g/mol. The number of rotatable bonds is 7. The first-order chi connectivity index (χ1) is 12.8. The van der Waals surface area contributed by atoms with E-state index >= 15 is 0 Å². The first kappa shape index (κ1) is 21.2. The molecule has 2 atom stereocenters. The molecule has 1 heterocycles. The number of anilines is 1. The van der Waals surface area contributed by atoms with Crippen molar-refractivity contribution in [2.24, 2.45) is 0 Å². The van der Waals surface area contributed by atoms with Crippen LogP contribution in [-0.4, -0.2) is 72.7 Å². The van der Waals surface area contributed by atoms with E-state index < -0.39 is 5.97 Å². The number of ether oxygens (including phenoxy) is 1. The van der Waals surface area contributed by atoms with Gasteiger partial charge in [0.25, 0.3) is 0 Å². The molecule has 1 fully saturated rings. The molecule has 2 rings (SSSR count). The highest BCUT2D eigenvalue weighted by Gasteiger charge is 2.27. The highest BCUT2D eigenvalue weighted by Crippen LogP contribution is 2.26. The van der Waals surface area contributed by atoms with E-state index in [4.69, 9.17) is 9.84 Å². The predicted molar refractivity (Wildman–Crippen MR) is 105 cm³/mol. The van der Waals surface area contributed by atoms with Crippen LogP contribution in [0.1, 0.15) is 31.7 Å². The first-order valence-electron chi connectivity index (χ1n) is 9.43. The van der Waals surface area contributed by atoms with Crippen molar-refractivity contribution in [2.75, 3.05) is 39.1 Å². The number of aryl methyl sites for hydroxylation is 1. The number of likely N-dealkylation sites (tertiary alicyclic amines) is 1. The lowest BCUT2D eigenvalue weighted by atomic mass is 10.1. The minimum absolute atomic E-state index is 0.0495. The molecule has 1 saturated heterocycles. The fourth-order valence-electron chi connectivity index (χ4n) is 3.59. The van der Waals surface area contributed by atoms with Gasteiger partial charge in [-0.2, -0.15) is 0 Å². The fraction of sp³-hybridized carbons (Fsp3) is 0.600. The molecule has 0 aromatic heterocycles. The Morgan fingerprint density at radius 1 is 1.37 bits per heavy atom. The van der Waals surface area contributed by atoms with Crippen molar-refractivity contribution in [1.82, 2.24) is 9.80 Å². The standard InChI is InChI=1S/C20H31N3O4/c1-14-7-8-18(27-4)17(12-14)21-20(26)15(2)23-10-5-6-16(9-11-23)22(3)13-19(24)25/h7-8,12,15-16H,5-6,9-11,13H2,1-4H3,(H,21,26)(H,24,25). The van der Waals surface area contributed by atoms with E-state index in [0.717, 1.165) is 37.9 Å². The molecular weight excluding hydrogens is 346 g/mol. The third-order valence-corrected chi connectivity index (χ3v) is 5.28. The Balaban J connectivity index is 1.97. The van der Waals surface area contributed by atoms with E-state index in [1.807, 2.05) is 44.0 Å². The average Bonchev–Trinajstić information content (AvgIpc) is 2.87. The van der Waals surface area contributed by atoms with Crippen LogP contribution >= 0.6 is 0 Å². The topological polar surface area (TPSA) is 82.1 Å². The second kappa shape index (κ2) is 9.71. The van der Waals surface area contributed by atoms with Gasteiger partial charge in [0.15, 0.2) is 0 Å². The maximum absolute atomic E-state index is 12.8. The van der Waals surface area contributed by atoms with E-state index in [2.05, 4.69) is 10.2 Å². The molecule has 2 N–H and O–H groups in total. The third kappa shape index (κ3) is 5.94. The van der Waals surface area contributed by atoms with Crippen LogP contribution in [0, 0.1) is 6.92 Å². The number of carboxylic acid groups (broad SMARTS) is 1. The van der Waals surface area contributed by atoms with E-state index in [1.54, 1.807) is 7.11 Å². The van der Waals surface area contributed by atoms with Crippen LogP contribution in [0.2, 0.25) is 0 Å². The number of nitrogens with zero attached hydrogens (tertiary/aromatic N) is 2. The van der Waals surface area contributed by atoms with Crippen molar-refractivity contribution in [3.05, 3.63) is 23.8 Å². The number of methoxy groups -OCH3 is 1. The lowest BCUT2D eigenvalue weighted by Gasteiger charge is -2.28. The summed E-state index contributed by atoms with van der Waals surface area (Å²) in [5.74, 6) is -0.220. The highest BCUT2D eigenvalue weighted by molar-refractivity contribution is 5.95. The van der Waals surface area contributed by atoms with E-state index in [-0.39, 0.29) is 24.5 Å². The normalized spacial score (nSPS) is 19.4. The summed E-state index contributed by atoms with van der Waals surface area (Å²) in [6.07, 6.45) is 2.75. The van der Waals surface area contributed by atoms with Crippen molar-refractivity contribution >= 4 is 17.6 Å². The summed E-state index contributed by atoms with van der Waals surface area (Å²) in [6, 6.07) is 5.67. The van der Waals surface area contributed by atoms with Crippen LogP contribution in [0.5, 0.6) is 5.75 Å². The maximum Gasteiger partial charge on any atom is 0.317 e. The molecule has 0 bridgehead atoms. The van der Waals surface area contributed by atoms with Gasteiger partial charge in [-0.25, -0.2) is 0 Å². The Morgan fingerprint density at radius 3 is 2.78 bits per heavy atom. The minimum atomic E-state index is -0.807. The molecule has 1 aliphatic rings. The van der Waals surface area contributed by atoms with Crippen molar-refractivity contribution in [2.45, 2.75) is 45.2 Å². The second-order valence-electron chi connectivity index (χ2n) is 7.30. The molecule has 7 heteroatoms. The highest BCUT2D eigenvalue weighted by atomic mass is 16.5. The summed E-state index contributed by atoms with van der Waals surface area (Å²) < 4.78 is 5.34. The van der Waals surface area contributed by atoms with Gasteiger partial charge >= 0.3 is 5.97 Å². The Labute approximate surface area is 161 Å². The number of amides is 1. The zero-order valence-electron chi connectivity index (χ0n) is 16.7. The van der Waals surface area contributed by atoms with Gasteiger partial charge in [0.05, 0.1) is 25.4 Å². The van der Waals surface area contributed by atoms with E-state index in [1.165, 1.54) is 0 Å². The molecule has 0 aliphatic carbocycles. The van der Waals surface area contributed by atoms with Gasteiger partial charge < -0.3 is 15.2 Å². The number of carbonyl (C=O) groups excluding carboxylic acids is 1. The molecule has 0 saturated carbocycles. The van der Waals surface area contributed by atoms with Crippen molar-refractivity contribution in [3.8, 4) is 5.75 Å². The number of hydrogen-bond donors (Lipinski definition) is 2. The Hall–Kier alpha value is -2.12. The molecule has 1 aromatic rings. The number of carbonyl (C=O) groups is 2. The third-order valence-electron chi connectivity index (χ3n) is 5.28. The number of benzene rings is 1. The molecular formula is C20H31N3O4. The maximum atomic E-state index is 12.8. The summed E-state index contributed by atoms with van der Waals surface area (Å²) in [6.45, 7) is 5.54. The fourth-order valence-corrected chi connectivity index (χ4v) is 3.59. The van der Waals surface area contributed by atoms with Crippen LogP contribution in [-0.2, 0) is 9.59 Å². The number of carboxylic acids is 1. The number of hydrogen-bond acceptors (Lipinski definition) is 5. The lowest BCUT2D eigenvalue weighted by Crippen LogP contribution is -2.43. The molecule has 1 aromatic carbocycles.